The molecule has 1 unspecified atom stereocenters. The number of nitrogens with one attached hydrogen (secondary N) is 1. The molecular formula is C23H29FN4O6S. The zero-order valence-corrected chi connectivity index (χ0v) is 20.6. The van der Waals surface area contributed by atoms with Crippen molar-refractivity contribution in [1.82, 2.24) is 10.2 Å². The second-order valence-electron chi connectivity index (χ2n) is 8.81. The summed E-state index contributed by atoms with van der Waals surface area (Å²) in [4.78, 5) is 44.2. The van der Waals surface area contributed by atoms with Gasteiger partial charge in [0.2, 0.25) is 10.0 Å². The van der Waals surface area contributed by atoms with Gasteiger partial charge in [0.15, 0.2) is 6.04 Å². The Kier molecular flexibility index (Phi) is 6.96. The van der Waals surface area contributed by atoms with Crippen LogP contribution in [-0.4, -0.2) is 73.8 Å². The molecule has 190 valence electrons. The molecule has 35 heavy (non-hydrogen) atoms. The number of amides is 2. The van der Waals surface area contributed by atoms with Crippen LogP contribution in [0.1, 0.15) is 45.1 Å². The van der Waals surface area contributed by atoms with E-state index in [1.807, 2.05) is 13.8 Å². The number of ether oxygens (including phenoxy) is 1. The van der Waals surface area contributed by atoms with Gasteiger partial charge in [-0.15, -0.1) is 0 Å². The van der Waals surface area contributed by atoms with Crippen molar-refractivity contribution in [1.29, 1.82) is 0 Å². The minimum atomic E-state index is -3.61. The number of hydrogen-bond donors (Lipinski definition) is 1. The van der Waals surface area contributed by atoms with Gasteiger partial charge in [0.1, 0.15) is 17.3 Å². The molecule has 2 fully saturated rings. The molecule has 2 amide bonds. The highest BCUT2D eigenvalue weighted by Gasteiger charge is 2.50. The maximum absolute atomic E-state index is 14.0. The molecule has 1 aromatic rings. The Morgan fingerprint density at radius 2 is 1.97 bits per heavy atom. The van der Waals surface area contributed by atoms with E-state index >= 15 is 0 Å². The van der Waals surface area contributed by atoms with E-state index in [2.05, 4.69) is 10.3 Å². The number of anilines is 1. The van der Waals surface area contributed by atoms with E-state index in [9.17, 15) is 27.2 Å². The Bertz CT molecular complexity index is 1180. The lowest BCUT2D eigenvalue weighted by atomic mass is 9.90. The standard InChI is InChI=1S/C23H29FN4O6S/c1-3-23(4-2)22-26-18(19(29)21(31)27(22)10-11-34-23)20(30)25-14-15-7-8-16(24)13-17(15)28-9-5-6-12-35(28,32)33/h7-8,13,18H,3-6,9-12,14H2,1-2H3,(H,25,30). The number of ketones is 1. The first-order valence-electron chi connectivity index (χ1n) is 11.8. The molecule has 1 aromatic carbocycles. The van der Waals surface area contributed by atoms with Gasteiger partial charge in [0.05, 0.1) is 24.6 Å². The number of amidine groups is 1. The van der Waals surface area contributed by atoms with Crippen molar-refractivity contribution in [2.45, 2.75) is 57.7 Å². The summed E-state index contributed by atoms with van der Waals surface area (Å²) in [6.07, 6.45) is 2.18. The van der Waals surface area contributed by atoms with Crippen LogP contribution in [0.15, 0.2) is 23.2 Å². The first-order chi connectivity index (χ1) is 16.6. The molecule has 3 heterocycles. The van der Waals surface area contributed by atoms with E-state index in [0.29, 0.717) is 31.2 Å². The molecule has 3 aliphatic rings. The Hall–Kier alpha value is -2.86. The lowest BCUT2D eigenvalue weighted by molar-refractivity contribution is -0.149. The average molecular weight is 509 g/mol. The highest BCUT2D eigenvalue weighted by Crippen LogP contribution is 2.31. The third-order valence-corrected chi connectivity index (χ3v) is 8.68. The molecule has 0 spiro atoms. The Labute approximate surface area is 203 Å². The monoisotopic (exact) mass is 508 g/mol. The number of rotatable bonds is 6. The summed E-state index contributed by atoms with van der Waals surface area (Å²) in [7, 11) is -3.61. The molecule has 10 nitrogen and oxygen atoms in total. The zero-order valence-electron chi connectivity index (χ0n) is 19.8. The third kappa shape index (κ3) is 4.56. The SMILES string of the molecule is CCC1(CC)OCCN2C(=O)C(=O)C(C(=O)NCc3ccc(F)cc3N3CCCCS3(=O)=O)N=C21. The highest BCUT2D eigenvalue weighted by molar-refractivity contribution is 7.92. The normalized spacial score (nSPS) is 23.5. The first kappa shape index (κ1) is 25.2. The Balaban J connectivity index is 1.59. The number of morpholine rings is 1. The fourth-order valence-electron chi connectivity index (χ4n) is 4.77. The van der Waals surface area contributed by atoms with Crippen LogP contribution in [0.3, 0.4) is 0 Å². The van der Waals surface area contributed by atoms with Crippen LogP contribution >= 0.6 is 0 Å². The molecule has 4 rings (SSSR count). The Morgan fingerprint density at radius 3 is 2.66 bits per heavy atom. The Morgan fingerprint density at radius 1 is 1.23 bits per heavy atom. The quantitative estimate of drug-likeness (QED) is 0.454. The summed E-state index contributed by atoms with van der Waals surface area (Å²) in [6, 6.07) is 2.11. The second kappa shape index (κ2) is 9.65. The van der Waals surface area contributed by atoms with Crippen molar-refractivity contribution >= 4 is 39.1 Å². The summed E-state index contributed by atoms with van der Waals surface area (Å²) >= 11 is 0. The minimum absolute atomic E-state index is 0.0410. The molecule has 0 aromatic heterocycles. The molecule has 2 saturated heterocycles. The van der Waals surface area contributed by atoms with E-state index in [1.54, 1.807) is 0 Å². The predicted molar refractivity (Wildman–Crippen MR) is 126 cm³/mol. The zero-order chi connectivity index (χ0) is 25.4. The number of benzene rings is 1. The van der Waals surface area contributed by atoms with Crippen LogP contribution in [0, 0.1) is 5.82 Å². The molecule has 1 N–H and O–H groups in total. The number of Topliss-reactive ketones (excluding diaryl/α,β-unsaturated/α-hetero) is 1. The van der Waals surface area contributed by atoms with Crippen molar-refractivity contribution in [2.24, 2.45) is 4.99 Å². The number of sulfonamides is 1. The summed E-state index contributed by atoms with van der Waals surface area (Å²) in [5.41, 5.74) is -0.350. The summed E-state index contributed by atoms with van der Waals surface area (Å²) < 4.78 is 46.2. The molecule has 0 bridgehead atoms. The number of hydrogen-bond acceptors (Lipinski definition) is 7. The van der Waals surface area contributed by atoms with Gasteiger partial charge in [-0.3, -0.25) is 23.6 Å². The van der Waals surface area contributed by atoms with E-state index in [0.717, 1.165) is 10.4 Å². The van der Waals surface area contributed by atoms with Crippen LogP contribution in [0.2, 0.25) is 0 Å². The van der Waals surface area contributed by atoms with Gasteiger partial charge in [-0.2, -0.15) is 0 Å². The van der Waals surface area contributed by atoms with Crippen LogP contribution in [-0.2, 0) is 35.7 Å². The maximum atomic E-state index is 14.0. The first-order valence-corrected chi connectivity index (χ1v) is 13.4. The van der Waals surface area contributed by atoms with Crippen molar-refractivity contribution in [3.05, 3.63) is 29.6 Å². The van der Waals surface area contributed by atoms with Crippen molar-refractivity contribution in [2.75, 3.05) is 29.8 Å². The molecule has 0 saturated carbocycles. The summed E-state index contributed by atoms with van der Waals surface area (Å²) in [5.74, 6) is -2.90. The van der Waals surface area contributed by atoms with Crippen molar-refractivity contribution in [3.8, 4) is 0 Å². The van der Waals surface area contributed by atoms with Crippen molar-refractivity contribution < 1.29 is 31.9 Å². The summed E-state index contributed by atoms with van der Waals surface area (Å²) in [5, 5.41) is 2.58. The molecule has 1 atom stereocenters. The van der Waals surface area contributed by atoms with Gasteiger partial charge in [-0.05, 0) is 43.4 Å². The van der Waals surface area contributed by atoms with Crippen LogP contribution in [0.5, 0.6) is 0 Å². The van der Waals surface area contributed by atoms with Gasteiger partial charge < -0.3 is 10.1 Å². The minimum Gasteiger partial charge on any atom is -0.365 e. The number of halogens is 1. The van der Waals surface area contributed by atoms with E-state index in [-0.39, 0.29) is 43.5 Å². The van der Waals surface area contributed by atoms with Gasteiger partial charge in [0, 0.05) is 13.1 Å². The fourth-order valence-corrected chi connectivity index (χ4v) is 6.44. The number of nitrogens with zero attached hydrogens (tertiary/aromatic N) is 3. The summed E-state index contributed by atoms with van der Waals surface area (Å²) in [6.45, 7) is 4.26. The van der Waals surface area contributed by atoms with Crippen LogP contribution in [0.25, 0.3) is 0 Å². The smallest absolute Gasteiger partial charge is 0.298 e. The highest BCUT2D eigenvalue weighted by atomic mass is 32.2. The van der Waals surface area contributed by atoms with E-state index in [4.69, 9.17) is 4.74 Å². The van der Waals surface area contributed by atoms with Gasteiger partial charge in [0.25, 0.3) is 17.6 Å². The number of carbonyl (C=O) groups excluding carboxylic acids is 3. The second-order valence-corrected chi connectivity index (χ2v) is 10.8. The lowest BCUT2D eigenvalue weighted by Crippen LogP contribution is -2.64. The van der Waals surface area contributed by atoms with Gasteiger partial charge in [-0.1, -0.05) is 19.9 Å². The lowest BCUT2D eigenvalue weighted by Gasteiger charge is -2.44. The topological polar surface area (TPSA) is 125 Å². The van der Waals surface area contributed by atoms with Crippen LogP contribution < -0.4 is 9.62 Å². The van der Waals surface area contributed by atoms with Gasteiger partial charge >= 0.3 is 0 Å². The maximum Gasteiger partial charge on any atom is 0.298 e. The fraction of sp³-hybridized carbons (Fsp3) is 0.565. The number of carbonyl (C=O) groups is 3. The average Bonchev–Trinajstić information content (AvgIpc) is 2.84. The van der Waals surface area contributed by atoms with E-state index in [1.165, 1.54) is 17.0 Å². The van der Waals surface area contributed by atoms with Gasteiger partial charge in [-0.25, -0.2) is 17.8 Å². The van der Waals surface area contributed by atoms with Crippen molar-refractivity contribution in [3.63, 3.8) is 0 Å². The molecule has 0 aliphatic carbocycles. The molecule has 12 heteroatoms. The molecule has 0 radical (unpaired) electrons. The van der Waals surface area contributed by atoms with E-state index < -0.39 is 45.1 Å². The predicted octanol–water partition coefficient (Wildman–Crippen LogP) is 1.14. The number of aliphatic imine (C=N–C) groups is 1. The largest absolute Gasteiger partial charge is 0.365 e. The molecular weight excluding hydrogens is 479 g/mol. The number of fused-ring (bicyclic) bond motifs is 1. The molecule has 3 aliphatic heterocycles. The third-order valence-electron chi connectivity index (χ3n) is 6.82. The van der Waals surface area contributed by atoms with Crippen LogP contribution in [0.4, 0.5) is 10.1 Å².